The standard InChI is InChI=1S/C27H30N6O/c1-18(2)29-22-6-8-23(9-7-22)30-27(34)26-24-14-20(5-10-25(24)31-32-26)21-13-19(15-28-16-21)17-33-11-3-4-12-33/h5-10,13-16,18,29H,3-4,11-12,17H2,1-2H3,(H,30,34)(H,31,32). The molecule has 7 nitrogen and oxygen atoms in total. The zero-order chi connectivity index (χ0) is 23.5. The third-order valence-electron chi connectivity index (χ3n) is 6.11. The SMILES string of the molecule is CC(C)Nc1ccc(NC(=O)c2n[nH]c3ccc(-c4cncc(CN5CCCC5)c4)cc23)cc1. The number of aromatic nitrogens is 3. The Hall–Kier alpha value is -3.71. The van der Waals surface area contributed by atoms with Crippen LogP contribution in [-0.2, 0) is 6.54 Å². The van der Waals surface area contributed by atoms with Gasteiger partial charge in [0.2, 0.25) is 0 Å². The van der Waals surface area contributed by atoms with E-state index in [1.807, 2.05) is 54.9 Å². The van der Waals surface area contributed by atoms with Crippen LogP contribution in [0.25, 0.3) is 22.0 Å². The number of aromatic amines is 1. The summed E-state index contributed by atoms with van der Waals surface area (Å²) in [6, 6.07) is 16.3. The predicted molar refractivity (Wildman–Crippen MR) is 137 cm³/mol. The largest absolute Gasteiger partial charge is 0.383 e. The van der Waals surface area contributed by atoms with E-state index in [0.29, 0.717) is 11.7 Å². The summed E-state index contributed by atoms with van der Waals surface area (Å²) in [4.78, 5) is 20.0. The number of H-pyrrole nitrogens is 1. The number of nitrogens with one attached hydrogen (secondary N) is 3. The molecule has 1 fully saturated rings. The number of fused-ring (bicyclic) bond motifs is 1. The number of hydrogen-bond acceptors (Lipinski definition) is 5. The highest BCUT2D eigenvalue weighted by molar-refractivity contribution is 6.11. The summed E-state index contributed by atoms with van der Waals surface area (Å²) < 4.78 is 0. The number of likely N-dealkylation sites (tertiary alicyclic amines) is 1. The summed E-state index contributed by atoms with van der Waals surface area (Å²) in [7, 11) is 0. The highest BCUT2D eigenvalue weighted by Gasteiger charge is 2.16. The van der Waals surface area contributed by atoms with E-state index in [2.05, 4.69) is 50.6 Å². The molecule has 1 amide bonds. The lowest BCUT2D eigenvalue weighted by Crippen LogP contribution is -2.18. The highest BCUT2D eigenvalue weighted by Crippen LogP contribution is 2.27. The van der Waals surface area contributed by atoms with Crippen LogP contribution in [0.4, 0.5) is 11.4 Å². The Balaban J connectivity index is 1.36. The summed E-state index contributed by atoms with van der Waals surface area (Å²) in [5.74, 6) is -0.242. The molecular weight excluding hydrogens is 424 g/mol. The summed E-state index contributed by atoms with van der Waals surface area (Å²) in [6.07, 6.45) is 6.36. The first kappa shape index (κ1) is 22.1. The van der Waals surface area contributed by atoms with Crippen LogP contribution in [0.2, 0.25) is 0 Å². The number of pyridine rings is 1. The molecule has 1 aliphatic rings. The number of nitrogens with zero attached hydrogens (tertiary/aromatic N) is 3. The van der Waals surface area contributed by atoms with Crippen molar-refractivity contribution in [3.8, 4) is 11.1 Å². The van der Waals surface area contributed by atoms with Crippen LogP contribution in [0.5, 0.6) is 0 Å². The van der Waals surface area contributed by atoms with Gasteiger partial charge in [0.15, 0.2) is 5.69 Å². The fraction of sp³-hybridized carbons (Fsp3) is 0.296. The lowest BCUT2D eigenvalue weighted by Gasteiger charge is -2.14. The minimum Gasteiger partial charge on any atom is -0.383 e. The van der Waals surface area contributed by atoms with Gasteiger partial charge < -0.3 is 10.6 Å². The molecule has 1 saturated heterocycles. The minimum atomic E-state index is -0.242. The second-order valence-corrected chi connectivity index (χ2v) is 9.23. The number of carbonyl (C=O) groups excluding carboxylic acids is 1. The Kier molecular flexibility index (Phi) is 6.27. The van der Waals surface area contributed by atoms with Gasteiger partial charge in [-0.05, 0) is 93.4 Å². The lowest BCUT2D eigenvalue weighted by atomic mass is 10.0. The van der Waals surface area contributed by atoms with Gasteiger partial charge in [0.05, 0.1) is 5.52 Å². The summed E-state index contributed by atoms with van der Waals surface area (Å²) in [5, 5.41) is 14.4. The van der Waals surface area contributed by atoms with Gasteiger partial charge in [0.25, 0.3) is 5.91 Å². The Morgan fingerprint density at radius 3 is 2.53 bits per heavy atom. The van der Waals surface area contributed by atoms with Gasteiger partial charge in [-0.3, -0.25) is 19.8 Å². The van der Waals surface area contributed by atoms with E-state index in [-0.39, 0.29) is 5.91 Å². The van der Waals surface area contributed by atoms with Crippen LogP contribution < -0.4 is 10.6 Å². The third-order valence-corrected chi connectivity index (χ3v) is 6.11. The molecule has 174 valence electrons. The molecule has 2 aromatic carbocycles. The van der Waals surface area contributed by atoms with Crippen LogP contribution in [0.1, 0.15) is 42.7 Å². The molecule has 34 heavy (non-hydrogen) atoms. The summed E-state index contributed by atoms with van der Waals surface area (Å²) in [6.45, 7) is 7.41. The van der Waals surface area contributed by atoms with Crippen LogP contribution >= 0.6 is 0 Å². The molecule has 5 rings (SSSR count). The maximum absolute atomic E-state index is 13.0. The average molecular weight is 455 g/mol. The first-order valence-corrected chi connectivity index (χ1v) is 11.9. The van der Waals surface area contributed by atoms with Crippen molar-refractivity contribution in [2.45, 2.75) is 39.3 Å². The van der Waals surface area contributed by atoms with Gasteiger partial charge >= 0.3 is 0 Å². The van der Waals surface area contributed by atoms with Crippen molar-refractivity contribution in [3.63, 3.8) is 0 Å². The van der Waals surface area contributed by atoms with E-state index in [9.17, 15) is 4.79 Å². The van der Waals surface area contributed by atoms with Crippen molar-refractivity contribution in [2.75, 3.05) is 23.7 Å². The van der Waals surface area contributed by atoms with Crippen molar-refractivity contribution in [1.82, 2.24) is 20.1 Å². The average Bonchev–Trinajstić information content (AvgIpc) is 3.49. The monoisotopic (exact) mass is 454 g/mol. The van der Waals surface area contributed by atoms with E-state index >= 15 is 0 Å². The third kappa shape index (κ3) is 4.94. The molecule has 0 aliphatic carbocycles. The van der Waals surface area contributed by atoms with Crippen molar-refractivity contribution in [2.24, 2.45) is 0 Å². The fourth-order valence-electron chi connectivity index (χ4n) is 4.47. The number of carbonyl (C=O) groups is 1. The second-order valence-electron chi connectivity index (χ2n) is 9.23. The number of benzene rings is 2. The number of amides is 1. The van der Waals surface area contributed by atoms with Crippen molar-refractivity contribution in [3.05, 3.63) is 72.2 Å². The number of rotatable bonds is 7. The van der Waals surface area contributed by atoms with E-state index in [4.69, 9.17) is 0 Å². The van der Waals surface area contributed by atoms with Gasteiger partial charge in [0.1, 0.15) is 0 Å². The number of anilines is 2. The fourth-order valence-corrected chi connectivity index (χ4v) is 4.47. The summed E-state index contributed by atoms with van der Waals surface area (Å²) in [5.41, 5.74) is 6.21. The van der Waals surface area contributed by atoms with Gasteiger partial charge in [-0.1, -0.05) is 6.07 Å². The molecule has 0 atom stereocenters. The minimum absolute atomic E-state index is 0.242. The first-order chi connectivity index (χ1) is 16.5. The molecule has 1 aliphatic heterocycles. The lowest BCUT2D eigenvalue weighted by molar-refractivity contribution is 0.102. The van der Waals surface area contributed by atoms with Gasteiger partial charge in [-0.15, -0.1) is 0 Å². The van der Waals surface area contributed by atoms with E-state index in [1.54, 1.807) is 0 Å². The molecule has 3 N–H and O–H groups in total. The van der Waals surface area contributed by atoms with E-state index in [0.717, 1.165) is 53.0 Å². The molecule has 0 unspecified atom stereocenters. The van der Waals surface area contributed by atoms with Crippen molar-refractivity contribution >= 4 is 28.2 Å². The van der Waals surface area contributed by atoms with E-state index in [1.165, 1.54) is 18.4 Å². The quantitative estimate of drug-likeness (QED) is 0.353. The number of hydrogen-bond donors (Lipinski definition) is 3. The zero-order valence-corrected chi connectivity index (χ0v) is 19.6. The molecular formula is C27H30N6O. The molecule has 3 heterocycles. The Labute approximate surface area is 199 Å². The van der Waals surface area contributed by atoms with Crippen LogP contribution in [0, 0.1) is 0 Å². The van der Waals surface area contributed by atoms with Gasteiger partial charge in [-0.2, -0.15) is 5.10 Å². The normalized spacial score (nSPS) is 14.1. The molecule has 0 saturated carbocycles. The van der Waals surface area contributed by atoms with Gasteiger partial charge in [-0.25, -0.2) is 0 Å². The van der Waals surface area contributed by atoms with Crippen LogP contribution in [-0.4, -0.2) is 45.1 Å². The summed E-state index contributed by atoms with van der Waals surface area (Å²) >= 11 is 0. The Morgan fingerprint density at radius 1 is 1.00 bits per heavy atom. The molecule has 0 radical (unpaired) electrons. The highest BCUT2D eigenvalue weighted by atomic mass is 16.1. The Bertz CT molecular complexity index is 1290. The van der Waals surface area contributed by atoms with Crippen LogP contribution in [0.3, 0.4) is 0 Å². The molecule has 2 aromatic heterocycles. The second kappa shape index (κ2) is 9.65. The predicted octanol–water partition coefficient (Wildman–Crippen LogP) is 5.29. The molecule has 4 aromatic rings. The van der Waals surface area contributed by atoms with E-state index < -0.39 is 0 Å². The zero-order valence-electron chi connectivity index (χ0n) is 19.6. The molecule has 0 spiro atoms. The van der Waals surface area contributed by atoms with Crippen molar-refractivity contribution < 1.29 is 4.79 Å². The first-order valence-electron chi connectivity index (χ1n) is 11.9. The smallest absolute Gasteiger partial charge is 0.276 e. The molecule has 7 heteroatoms. The van der Waals surface area contributed by atoms with Crippen molar-refractivity contribution in [1.29, 1.82) is 0 Å². The molecule has 0 bridgehead atoms. The Morgan fingerprint density at radius 2 is 1.76 bits per heavy atom. The maximum atomic E-state index is 13.0. The van der Waals surface area contributed by atoms with Crippen LogP contribution in [0.15, 0.2) is 60.9 Å². The van der Waals surface area contributed by atoms with Gasteiger partial charge in [0, 0.05) is 47.3 Å². The maximum Gasteiger partial charge on any atom is 0.276 e. The topological polar surface area (TPSA) is 85.9 Å².